The molecule has 142 valence electrons. The normalized spacial score (nSPS) is 10.9. The van der Waals surface area contributed by atoms with E-state index in [-0.39, 0.29) is 24.0 Å². The fraction of sp³-hybridized carbons (Fsp3) is 0.190. The molecule has 0 unspecified atom stereocenters. The molecule has 0 amide bonds. The average Bonchev–Trinajstić information content (AvgIpc) is 2.70. The number of anilines is 1. The van der Waals surface area contributed by atoms with E-state index in [1.165, 1.54) is 16.3 Å². The van der Waals surface area contributed by atoms with Gasteiger partial charge in [0.25, 0.3) is 0 Å². The molecule has 27 heavy (non-hydrogen) atoms. The van der Waals surface area contributed by atoms with Crippen LogP contribution in [0, 0.1) is 0 Å². The first-order chi connectivity index (χ1) is 12.7. The third kappa shape index (κ3) is 5.03. The van der Waals surface area contributed by atoms with Gasteiger partial charge in [-0.2, -0.15) is 0 Å². The number of hydrogen-bond acceptors (Lipinski definition) is 3. The lowest BCUT2D eigenvalue weighted by atomic mass is 10.0. The summed E-state index contributed by atoms with van der Waals surface area (Å²) in [5, 5.41) is 9.11. The molecule has 0 spiro atoms. The highest BCUT2D eigenvalue weighted by Gasteiger charge is 2.07. The van der Waals surface area contributed by atoms with Crippen LogP contribution >= 0.6 is 24.0 Å². The molecule has 3 rings (SSSR count). The molecule has 0 aliphatic rings. The maximum Gasteiger partial charge on any atom is 0.195 e. The molecule has 2 N–H and O–H groups in total. The van der Waals surface area contributed by atoms with Gasteiger partial charge in [-0.15, -0.1) is 24.0 Å². The largest absolute Gasteiger partial charge is 0.493 e. The van der Waals surface area contributed by atoms with Gasteiger partial charge in [0.05, 0.1) is 14.2 Å². The molecule has 0 saturated heterocycles. The lowest BCUT2D eigenvalue weighted by Crippen LogP contribution is -2.30. The molecule has 0 heterocycles. The van der Waals surface area contributed by atoms with Crippen molar-refractivity contribution in [3.63, 3.8) is 0 Å². The van der Waals surface area contributed by atoms with Gasteiger partial charge >= 0.3 is 0 Å². The Morgan fingerprint density at radius 2 is 1.67 bits per heavy atom. The van der Waals surface area contributed by atoms with Gasteiger partial charge in [0, 0.05) is 25.3 Å². The number of guanidine groups is 1. The van der Waals surface area contributed by atoms with E-state index in [2.05, 4.69) is 58.1 Å². The zero-order valence-corrected chi connectivity index (χ0v) is 18.0. The SMILES string of the molecule is CN=C(NCc1cccc2ccccc12)Nc1ccc(OC)c(OC)c1.I. The fourth-order valence-corrected chi connectivity index (χ4v) is 2.86. The van der Waals surface area contributed by atoms with Gasteiger partial charge in [-0.25, -0.2) is 0 Å². The van der Waals surface area contributed by atoms with Crippen molar-refractivity contribution in [2.45, 2.75) is 6.54 Å². The first-order valence-corrected chi connectivity index (χ1v) is 8.41. The fourth-order valence-electron chi connectivity index (χ4n) is 2.86. The predicted octanol–water partition coefficient (Wildman–Crippen LogP) is 4.66. The van der Waals surface area contributed by atoms with Crippen molar-refractivity contribution in [2.75, 3.05) is 26.6 Å². The lowest BCUT2D eigenvalue weighted by Gasteiger charge is -2.15. The molecule has 0 aliphatic heterocycles. The monoisotopic (exact) mass is 477 g/mol. The second kappa shape index (κ2) is 10.0. The van der Waals surface area contributed by atoms with Crippen molar-refractivity contribution < 1.29 is 9.47 Å². The Bertz CT molecular complexity index is 923. The van der Waals surface area contributed by atoms with Gasteiger partial charge in [0.1, 0.15) is 0 Å². The zero-order chi connectivity index (χ0) is 18.4. The summed E-state index contributed by atoms with van der Waals surface area (Å²) in [5.74, 6) is 2.05. The average molecular weight is 477 g/mol. The summed E-state index contributed by atoms with van der Waals surface area (Å²) in [6.45, 7) is 0.675. The minimum Gasteiger partial charge on any atom is -0.493 e. The molecule has 3 aromatic rings. The highest BCUT2D eigenvalue weighted by atomic mass is 127. The van der Waals surface area contributed by atoms with Crippen LogP contribution in [0.3, 0.4) is 0 Å². The molecule has 0 aromatic heterocycles. The molecule has 3 aromatic carbocycles. The number of hydrogen-bond donors (Lipinski definition) is 2. The summed E-state index contributed by atoms with van der Waals surface area (Å²) in [6.07, 6.45) is 0. The van der Waals surface area contributed by atoms with E-state index in [1.807, 2.05) is 18.2 Å². The van der Waals surface area contributed by atoms with Gasteiger partial charge < -0.3 is 20.1 Å². The summed E-state index contributed by atoms with van der Waals surface area (Å²) in [6, 6.07) is 20.3. The molecule has 0 atom stereocenters. The Hall–Kier alpha value is -2.48. The van der Waals surface area contributed by atoms with Crippen molar-refractivity contribution in [1.29, 1.82) is 0 Å². The summed E-state index contributed by atoms with van der Waals surface area (Å²) in [5.41, 5.74) is 2.09. The molecule has 5 nitrogen and oxygen atoms in total. The van der Waals surface area contributed by atoms with E-state index < -0.39 is 0 Å². The number of ether oxygens (including phenoxy) is 2. The third-order valence-electron chi connectivity index (χ3n) is 4.20. The molecular formula is C21H24IN3O2. The number of rotatable bonds is 5. The summed E-state index contributed by atoms with van der Waals surface area (Å²) in [4.78, 5) is 4.30. The number of halogens is 1. The van der Waals surface area contributed by atoms with Crippen molar-refractivity contribution in [2.24, 2.45) is 4.99 Å². The van der Waals surface area contributed by atoms with E-state index in [0.29, 0.717) is 24.0 Å². The predicted molar refractivity (Wildman–Crippen MR) is 123 cm³/mol. The molecule has 0 saturated carbocycles. The maximum absolute atomic E-state index is 5.34. The second-order valence-corrected chi connectivity index (χ2v) is 5.76. The smallest absolute Gasteiger partial charge is 0.195 e. The van der Waals surface area contributed by atoms with Gasteiger partial charge in [0.2, 0.25) is 0 Å². The minimum atomic E-state index is 0. The van der Waals surface area contributed by atoms with Gasteiger partial charge in [-0.05, 0) is 28.5 Å². The molecule has 6 heteroatoms. The van der Waals surface area contributed by atoms with E-state index in [0.717, 1.165) is 5.69 Å². The van der Waals surface area contributed by atoms with Gasteiger partial charge in [0.15, 0.2) is 17.5 Å². The van der Waals surface area contributed by atoms with Crippen LogP contribution in [-0.4, -0.2) is 27.2 Å². The van der Waals surface area contributed by atoms with Gasteiger partial charge in [-0.3, -0.25) is 4.99 Å². The molecule has 0 radical (unpaired) electrons. The van der Waals surface area contributed by atoms with Crippen molar-refractivity contribution in [1.82, 2.24) is 5.32 Å². The highest BCUT2D eigenvalue weighted by Crippen LogP contribution is 2.29. The molecular weight excluding hydrogens is 453 g/mol. The number of methoxy groups -OCH3 is 2. The van der Waals surface area contributed by atoms with Crippen LogP contribution in [0.25, 0.3) is 10.8 Å². The summed E-state index contributed by atoms with van der Waals surface area (Å²) >= 11 is 0. The number of nitrogens with zero attached hydrogens (tertiary/aromatic N) is 1. The number of nitrogens with one attached hydrogen (secondary N) is 2. The maximum atomic E-state index is 5.34. The molecule has 0 bridgehead atoms. The van der Waals surface area contributed by atoms with E-state index in [9.17, 15) is 0 Å². The standard InChI is InChI=1S/C21H23N3O2.HI/c1-22-21(24-17-11-12-19(25-2)20(13-17)26-3)23-14-16-9-6-8-15-7-4-5-10-18(15)16;/h4-13H,14H2,1-3H3,(H2,22,23,24);1H. The van der Waals surface area contributed by atoms with Crippen LogP contribution in [0.1, 0.15) is 5.56 Å². The number of benzene rings is 3. The Labute approximate surface area is 176 Å². The van der Waals surface area contributed by atoms with E-state index >= 15 is 0 Å². The minimum absolute atomic E-state index is 0. The van der Waals surface area contributed by atoms with Crippen molar-refractivity contribution in [3.05, 3.63) is 66.2 Å². The Balaban J connectivity index is 0.00000261. The van der Waals surface area contributed by atoms with Crippen LogP contribution in [0.5, 0.6) is 11.5 Å². The Morgan fingerprint density at radius 3 is 2.41 bits per heavy atom. The number of aliphatic imine (C=N–C) groups is 1. The Morgan fingerprint density at radius 1 is 0.926 bits per heavy atom. The second-order valence-electron chi connectivity index (χ2n) is 5.76. The van der Waals surface area contributed by atoms with Gasteiger partial charge in [-0.1, -0.05) is 42.5 Å². The first-order valence-electron chi connectivity index (χ1n) is 8.41. The highest BCUT2D eigenvalue weighted by molar-refractivity contribution is 14.0. The zero-order valence-electron chi connectivity index (χ0n) is 15.7. The quantitative estimate of drug-likeness (QED) is 0.319. The van der Waals surface area contributed by atoms with Crippen LogP contribution in [-0.2, 0) is 6.54 Å². The van der Waals surface area contributed by atoms with E-state index in [4.69, 9.17) is 9.47 Å². The van der Waals surface area contributed by atoms with Crippen molar-refractivity contribution in [3.8, 4) is 11.5 Å². The van der Waals surface area contributed by atoms with Crippen LogP contribution in [0.15, 0.2) is 65.7 Å². The lowest BCUT2D eigenvalue weighted by molar-refractivity contribution is 0.355. The first kappa shape index (κ1) is 20.8. The van der Waals surface area contributed by atoms with Crippen LogP contribution in [0.2, 0.25) is 0 Å². The van der Waals surface area contributed by atoms with E-state index in [1.54, 1.807) is 21.3 Å². The van der Waals surface area contributed by atoms with Crippen LogP contribution in [0.4, 0.5) is 5.69 Å². The third-order valence-corrected chi connectivity index (χ3v) is 4.20. The summed E-state index contributed by atoms with van der Waals surface area (Å²) in [7, 11) is 4.99. The summed E-state index contributed by atoms with van der Waals surface area (Å²) < 4.78 is 10.6. The van der Waals surface area contributed by atoms with Crippen LogP contribution < -0.4 is 20.1 Å². The molecule has 0 aliphatic carbocycles. The molecule has 0 fully saturated rings. The number of fused-ring (bicyclic) bond motifs is 1. The topological polar surface area (TPSA) is 54.9 Å². The Kier molecular flexibility index (Phi) is 7.72. The van der Waals surface area contributed by atoms with Crippen molar-refractivity contribution >= 4 is 46.4 Å².